The third kappa shape index (κ3) is 5.39. The van der Waals surface area contributed by atoms with Crippen LogP contribution in [0.1, 0.15) is 30.9 Å². The number of methoxy groups -OCH3 is 1. The van der Waals surface area contributed by atoms with Crippen molar-refractivity contribution in [1.29, 1.82) is 0 Å². The Bertz CT molecular complexity index is 996. The summed E-state index contributed by atoms with van der Waals surface area (Å²) in [6.45, 7) is 0.393. The smallest absolute Gasteiger partial charge is 0.406 e. The number of nitrogens with one attached hydrogen (secondary N) is 1. The number of fused-ring (bicyclic) bond motifs is 3. The Balaban J connectivity index is 2.16. The zero-order chi connectivity index (χ0) is 26.1. The van der Waals surface area contributed by atoms with Crippen LogP contribution < -0.4 is 14.8 Å². The Hall–Kier alpha value is -2.83. The van der Waals surface area contributed by atoms with Crippen molar-refractivity contribution in [2.75, 3.05) is 26.8 Å². The summed E-state index contributed by atoms with van der Waals surface area (Å²) < 4.78 is 51.5. The lowest BCUT2D eigenvalue weighted by molar-refractivity contribution is -0.172. The molecule has 4 atom stereocenters. The summed E-state index contributed by atoms with van der Waals surface area (Å²) in [6, 6.07) is 1.56. The van der Waals surface area contributed by atoms with Crippen molar-refractivity contribution in [3.05, 3.63) is 34.9 Å². The highest BCUT2D eigenvalue weighted by Crippen LogP contribution is 2.51. The molecule has 3 rings (SSSR count). The molecule has 2 amide bonds. The predicted molar refractivity (Wildman–Crippen MR) is 117 cm³/mol. The third-order valence-electron chi connectivity index (χ3n) is 5.98. The molecule has 0 saturated carbocycles. The summed E-state index contributed by atoms with van der Waals surface area (Å²) in [5.41, 5.74) is 0.808. The Morgan fingerprint density at radius 2 is 1.94 bits per heavy atom. The SMILES string of the molecule is COc1cc(CO)cc2c1O[C@@H]1[C@@H](O)[C@H](N(CC(F)(F)F)C(=O)C(C)C)C=C(C(=O)NCCO)[C@H]21. The Morgan fingerprint density at radius 3 is 2.49 bits per heavy atom. The van der Waals surface area contributed by atoms with Crippen LogP contribution in [0.25, 0.3) is 0 Å². The van der Waals surface area contributed by atoms with Crippen LogP contribution in [0.3, 0.4) is 0 Å². The van der Waals surface area contributed by atoms with E-state index in [-0.39, 0.29) is 36.8 Å². The average Bonchev–Trinajstić information content (AvgIpc) is 3.19. The summed E-state index contributed by atoms with van der Waals surface area (Å²) in [6.07, 6.45) is -6.43. The number of benzene rings is 1. The summed E-state index contributed by atoms with van der Waals surface area (Å²) in [7, 11) is 1.36. The van der Waals surface area contributed by atoms with Gasteiger partial charge in [0.05, 0.1) is 32.3 Å². The number of hydrogen-bond donors (Lipinski definition) is 4. The molecule has 0 bridgehead atoms. The molecule has 0 unspecified atom stereocenters. The van der Waals surface area contributed by atoms with Crippen molar-refractivity contribution in [2.45, 2.75) is 50.8 Å². The van der Waals surface area contributed by atoms with Crippen LogP contribution in [0.15, 0.2) is 23.8 Å². The molecule has 12 heteroatoms. The topological polar surface area (TPSA) is 129 Å². The van der Waals surface area contributed by atoms with E-state index < -0.39 is 54.6 Å². The first-order chi connectivity index (χ1) is 16.4. The number of alkyl halides is 3. The van der Waals surface area contributed by atoms with Gasteiger partial charge in [-0.05, 0) is 23.8 Å². The number of halogens is 3. The first-order valence-corrected chi connectivity index (χ1v) is 11.1. The highest BCUT2D eigenvalue weighted by molar-refractivity contribution is 5.96. The second-order valence-electron chi connectivity index (χ2n) is 8.75. The van der Waals surface area contributed by atoms with Gasteiger partial charge in [0, 0.05) is 23.6 Å². The number of carbonyl (C=O) groups is 2. The molecule has 0 radical (unpaired) electrons. The molecule has 1 aromatic rings. The van der Waals surface area contributed by atoms with Crippen LogP contribution in [0.2, 0.25) is 0 Å². The fourth-order valence-corrected chi connectivity index (χ4v) is 4.47. The minimum Gasteiger partial charge on any atom is -0.493 e. The molecule has 35 heavy (non-hydrogen) atoms. The van der Waals surface area contributed by atoms with Crippen molar-refractivity contribution in [3.63, 3.8) is 0 Å². The number of aliphatic hydroxyl groups excluding tert-OH is 3. The van der Waals surface area contributed by atoms with E-state index in [1.54, 1.807) is 6.07 Å². The van der Waals surface area contributed by atoms with Gasteiger partial charge in [0.2, 0.25) is 11.8 Å². The Morgan fingerprint density at radius 1 is 1.26 bits per heavy atom. The average molecular weight is 502 g/mol. The van der Waals surface area contributed by atoms with E-state index in [0.717, 1.165) is 6.08 Å². The zero-order valence-corrected chi connectivity index (χ0v) is 19.5. The third-order valence-corrected chi connectivity index (χ3v) is 5.98. The van der Waals surface area contributed by atoms with Crippen molar-refractivity contribution in [3.8, 4) is 11.5 Å². The van der Waals surface area contributed by atoms with Gasteiger partial charge in [-0.2, -0.15) is 13.2 Å². The van der Waals surface area contributed by atoms with Crippen LogP contribution in [0.4, 0.5) is 13.2 Å². The molecular weight excluding hydrogens is 473 g/mol. The van der Waals surface area contributed by atoms with E-state index in [9.17, 15) is 33.0 Å². The fourth-order valence-electron chi connectivity index (χ4n) is 4.47. The van der Waals surface area contributed by atoms with Gasteiger partial charge in [-0.3, -0.25) is 9.59 Å². The van der Waals surface area contributed by atoms with Crippen molar-refractivity contribution < 1.29 is 47.6 Å². The lowest BCUT2D eigenvalue weighted by atomic mass is 9.77. The van der Waals surface area contributed by atoms with Crippen molar-refractivity contribution in [2.24, 2.45) is 5.92 Å². The van der Waals surface area contributed by atoms with E-state index in [1.807, 2.05) is 0 Å². The lowest BCUT2D eigenvalue weighted by Crippen LogP contribution is -2.58. The molecule has 0 fully saturated rings. The number of rotatable bonds is 8. The molecule has 0 aromatic heterocycles. The number of nitrogens with zero attached hydrogens (tertiary/aromatic N) is 1. The highest BCUT2D eigenvalue weighted by atomic mass is 19.4. The maximum Gasteiger partial charge on any atom is 0.406 e. The molecule has 0 saturated heterocycles. The van der Waals surface area contributed by atoms with Gasteiger partial charge in [0.15, 0.2) is 11.5 Å². The zero-order valence-electron chi connectivity index (χ0n) is 19.5. The van der Waals surface area contributed by atoms with Crippen LogP contribution >= 0.6 is 0 Å². The van der Waals surface area contributed by atoms with Gasteiger partial charge in [-0.15, -0.1) is 0 Å². The number of aliphatic hydroxyl groups is 3. The largest absolute Gasteiger partial charge is 0.493 e. The molecular formula is C23H29F3N2O7. The highest BCUT2D eigenvalue weighted by Gasteiger charge is 2.52. The summed E-state index contributed by atoms with van der Waals surface area (Å²) >= 11 is 0. The summed E-state index contributed by atoms with van der Waals surface area (Å²) in [4.78, 5) is 26.3. The van der Waals surface area contributed by atoms with Crippen LogP contribution in [-0.4, -0.2) is 83.3 Å². The Kier molecular flexibility index (Phi) is 7.97. The van der Waals surface area contributed by atoms with E-state index >= 15 is 0 Å². The molecule has 9 nitrogen and oxygen atoms in total. The van der Waals surface area contributed by atoms with Crippen LogP contribution in [-0.2, 0) is 16.2 Å². The van der Waals surface area contributed by atoms with Gasteiger partial charge < -0.3 is 35.0 Å². The normalized spacial score (nSPS) is 23.2. The molecule has 0 spiro atoms. The number of hydrogen-bond acceptors (Lipinski definition) is 7. The monoisotopic (exact) mass is 502 g/mol. The van der Waals surface area contributed by atoms with E-state index in [1.165, 1.54) is 27.0 Å². The summed E-state index contributed by atoms with van der Waals surface area (Å²) in [5.74, 6) is -2.89. The van der Waals surface area contributed by atoms with Crippen LogP contribution in [0.5, 0.6) is 11.5 Å². The molecule has 4 N–H and O–H groups in total. The van der Waals surface area contributed by atoms with Gasteiger partial charge in [-0.1, -0.05) is 13.8 Å². The standard InChI is InChI=1S/C23H29F3N2O7/c1-11(2)22(33)28(10-23(24,25)26)15-8-14(21(32)27-4-5-29)17-13-6-12(9-30)7-16(34-3)19(13)35-20(17)18(15)31/h6-8,11,15,17-18,20,29-31H,4-5,9-10H2,1-3H3,(H,27,32)/t15-,17+,18+,20+/m1/s1. The molecule has 2 aliphatic rings. The van der Waals surface area contributed by atoms with Crippen LogP contribution in [0, 0.1) is 5.92 Å². The first kappa shape index (κ1) is 26.8. The van der Waals surface area contributed by atoms with Gasteiger partial charge in [0.1, 0.15) is 18.8 Å². The minimum absolute atomic E-state index is 0.0293. The van der Waals surface area contributed by atoms with E-state index in [4.69, 9.17) is 14.6 Å². The number of ether oxygens (including phenoxy) is 2. The first-order valence-electron chi connectivity index (χ1n) is 11.1. The lowest BCUT2D eigenvalue weighted by Gasteiger charge is -2.41. The van der Waals surface area contributed by atoms with Crippen molar-refractivity contribution in [1.82, 2.24) is 10.2 Å². The molecule has 194 valence electrons. The van der Waals surface area contributed by atoms with Gasteiger partial charge in [0.25, 0.3) is 0 Å². The molecule has 1 aromatic carbocycles. The second-order valence-corrected chi connectivity index (χ2v) is 8.75. The molecule has 1 aliphatic carbocycles. The van der Waals surface area contributed by atoms with Crippen molar-refractivity contribution >= 4 is 11.8 Å². The van der Waals surface area contributed by atoms with E-state index in [2.05, 4.69) is 5.32 Å². The fraction of sp³-hybridized carbons (Fsp3) is 0.565. The summed E-state index contributed by atoms with van der Waals surface area (Å²) in [5, 5.41) is 32.4. The predicted octanol–water partition coefficient (Wildman–Crippen LogP) is 0.857. The quantitative estimate of drug-likeness (QED) is 0.415. The van der Waals surface area contributed by atoms with Gasteiger partial charge >= 0.3 is 6.18 Å². The Labute approximate surface area is 200 Å². The second kappa shape index (κ2) is 10.4. The maximum atomic E-state index is 13.4. The number of amides is 2. The van der Waals surface area contributed by atoms with E-state index in [0.29, 0.717) is 16.0 Å². The number of carbonyl (C=O) groups excluding carboxylic acids is 2. The minimum atomic E-state index is -4.76. The van der Waals surface area contributed by atoms with Gasteiger partial charge in [-0.25, -0.2) is 0 Å². The molecule has 1 aliphatic heterocycles. The maximum absolute atomic E-state index is 13.4. The molecule has 1 heterocycles.